The number of hydrogen-bond acceptors (Lipinski definition) is 6. The number of anilines is 1. The Balaban J connectivity index is 1.35. The van der Waals surface area contributed by atoms with Crippen LogP contribution in [0.1, 0.15) is 85.4 Å². The van der Waals surface area contributed by atoms with Crippen LogP contribution in [0.15, 0.2) is 54.6 Å². The predicted molar refractivity (Wildman–Crippen MR) is 154 cm³/mol. The van der Waals surface area contributed by atoms with Gasteiger partial charge >= 0.3 is 5.97 Å². The molecular weight excluding hydrogens is 506 g/mol. The van der Waals surface area contributed by atoms with E-state index in [9.17, 15) is 19.2 Å². The lowest BCUT2D eigenvalue weighted by Gasteiger charge is -2.29. The van der Waals surface area contributed by atoms with Crippen LogP contribution in [0.25, 0.3) is 0 Å². The van der Waals surface area contributed by atoms with Crippen molar-refractivity contribution in [2.45, 2.75) is 76.8 Å². The third-order valence-electron chi connectivity index (χ3n) is 7.89. The quantitative estimate of drug-likeness (QED) is 0.295. The first-order chi connectivity index (χ1) is 19.5. The molecule has 0 bridgehead atoms. The van der Waals surface area contributed by atoms with E-state index < -0.39 is 24.0 Å². The van der Waals surface area contributed by atoms with E-state index in [0.717, 1.165) is 50.9 Å². The van der Waals surface area contributed by atoms with Gasteiger partial charge in [-0.2, -0.15) is 0 Å². The maximum atomic E-state index is 13.4. The highest BCUT2D eigenvalue weighted by Gasteiger charge is 2.37. The van der Waals surface area contributed by atoms with Crippen LogP contribution in [-0.4, -0.2) is 55.3 Å². The Morgan fingerprint density at radius 3 is 2.42 bits per heavy atom. The van der Waals surface area contributed by atoms with Gasteiger partial charge in [0.2, 0.25) is 5.91 Å². The summed E-state index contributed by atoms with van der Waals surface area (Å²) in [7, 11) is 0. The van der Waals surface area contributed by atoms with Crippen molar-refractivity contribution in [3.05, 3.63) is 65.7 Å². The average Bonchev–Trinajstić information content (AvgIpc) is 3.46. The number of carbonyl (C=O) groups excluding carboxylic acids is 4. The van der Waals surface area contributed by atoms with Crippen LogP contribution in [0.5, 0.6) is 0 Å². The summed E-state index contributed by atoms with van der Waals surface area (Å²) >= 11 is 0. The zero-order valence-corrected chi connectivity index (χ0v) is 23.4. The molecule has 3 atom stereocenters. The summed E-state index contributed by atoms with van der Waals surface area (Å²) in [6, 6.07) is 15.2. The standard InChI is InChI=1S/C32H41N3O5/c1-2-3-17-28(34-30(37)24-14-10-15-25(21-24)35-19-8-5-9-20-35)31(38)33-27-18-11-16-26(27)32(39)40-22-29(36)23-12-6-4-7-13-23/h4,6-7,10,12-15,21,26-28H,2-3,5,8-9,11,16-20,22H2,1H3,(H,33,38)(H,34,37)/t26-,27+,28+/m1/s1. The predicted octanol–water partition coefficient (Wildman–Crippen LogP) is 4.68. The third kappa shape index (κ3) is 7.93. The fourth-order valence-electron chi connectivity index (χ4n) is 5.56. The third-order valence-corrected chi connectivity index (χ3v) is 7.89. The minimum absolute atomic E-state index is 0.265. The van der Waals surface area contributed by atoms with Gasteiger partial charge in [0, 0.05) is 35.9 Å². The average molecular weight is 548 g/mol. The summed E-state index contributed by atoms with van der Waals surface area (Å²) in [4.78, 5) is 54.1. The molecule has 8 nitrogen and oxygen atoms in total. The fourth-order valence-corrected chi connectivity index (χ4v) is 5.56. The van der Waals surface area contributed by atoms with Gasteiger partial charge < -0.3 is 20.3 Å². The summed E-state index contributed by atoms with van der Waals surface area (Å²) in [5, 5.41) is 5.95. The highest BCUT2D eigenvalue weighted by Crippen LogP contribution is 2.27. The number of Topliss-reactive ketones (excluding diaryl/α,β-unsaturated/α-hetero) is 1. The van der Waals surface area contributed by atoms with Gasteiger partial charge in [-0.25, -0.2) is 0 Å². The highest BCUT2D eigenvalue weighted by atomic mass is 16.5. The van der Waals surface area contributed by atoms with E-state index in [1.165, 1.54) is 6.42 Å². The molecule has 0 unspecified atom stereocenters. The molecule has 2 N–H and O–H groups in total. The number of nitrogens with one attached hydrogen (secondary N) is 2. The number of benzene rings is 2. The van der Waals surface area contributed by atoms with Crippen LogP contribution in [0.4, 0.5) is 5.69 Å². The van der Waals surface area contributed by atoms with Gasteiger partial charge in [-0.15, -0.1) is 0 Å². The van der Waals surface area contributed by atoms with E-state index in [1.807, 2.05) is 31.2 Å². The van der Waals surface area contributed by atoms with Crippen LogP contribution in [0.2, 0.25) is 0 Å². The SMILES string of the molecule is CCCC[C@H](NC(=O)c1cccc(N2CCCCC2)c1)C(=O)N[C@H]1CCC[C@H]1C(=O)OCC(=O)c1ccccc1. The van der Waals surface area contributed by atoms with Gasteiger partial charge in [-0.05, 0) is 56.7 Å². The second-order valence-electron chi connectivity index (χ2n) is 10.8. The number of esters is 1. The molecule has 8 heteroatoms. The minimum atomic E-state index is -0.706. The van der Waals surface area contributed by atoms with Crippen molar-refractivity contribution in [1.82, 2.24) is 10.6 Å². The fraction of sp³-hybridized carbons (Fsp3) is 0.500. The Hall–Kier alpha value is -3.68. The molecule has 214 valence electrons. The van der Waals surface area contributed by atoms with Crippen molar-refractivity contribution in [1.29, 1.82) is 0 Å². The lowest BCUT2D eigenvalue weighted by atomic mass is 10.0. The van der Waals surface area contributed by atoms with E-state index >= 15 is 0 Å². The molecule has 2 amide bonds. The Labute approximate surface area is 236 Å². The molecule has 1 saturated carbocycles. The van der Waals surface area contributed by atoms with Gasteiger partial charge in [0.25, 0.3) is 5.91 Å². The number of carbonyl (C=O) groups is 4. The number of ketones is 1. The number of ether oxygens (including phenoxy) is 1. The van der Waals surface area contributed by atoms with Crippen molar-refractivity contribution < 1.29 is 23.9 Å². The summed E-state index contributed by atoms with van der Waals surface area (Å²) in [6.07, 6.45) is 7.70. The van der Waals surface area contributed by atoms with Crippen molar-refractivity contribution in [2.75, 3.05) is 24.6 Å². The molecule has 1 heterocycles. The minimum Gasteiger partial charge on any atom is -0.457 e. The number of hydrogen-bond donors (Lipinski definition) is 2. The smallest absolute Gasteiger partial charge is 0.311 e. The summed E-state index contributed by atoms with van der Waals surface area (Å²) in [5.41, 5.74) is 2.05. The monoisotopic (exact) mass is 547 g/mol. The Bertz CT molecular complexity index is 1160. The lowest BCUT2D eigenvalue weighted by Crippen LogP contribution is -2.51. The van der Waals surface area contributed by atoms with Gasteiger partial charge in [-0.1, -0.05) is 62.6 Å². The molecule has 1 aliphatic carbocycles. The molecule has 2 fully saturated rings. The summed E-state index contributed by atoms with van der Waals surface area (Å²) < 4.78 is 5.35. The maximum absolute atomic E-state index is 13.4. The van der Waals surface area contributed by atoms with Crippen molar-refractivity contribution >= 4 is 29.3 Å². The van der Waals surface area contributed by atoms with Gasteiger partial charge in [0.05, 0.1) is 5.92 Å². The molecule has 2 aliphatic rings. The molecular formula is C32H41N3O5. The Morgan fingerprint density at radius 1 is 0.925 bits per heavy atom. The number of unbranched alkanes of at least 4 members (excludes halogenated alkanes) is 1. The number of amides is 2. The number of nitrogens with zero attached hydrogens (tertiary/aromatic N) is 1. The van der Waals surface area contributed by atoms with Crippen LogP contribution in [0, 0.1) is 5.92 Å². The highest BCUT2D eigenvalue weighted by molar-refractivity contribution is 5.99. The second kappa shape index (κ2) is 14.6. The van der Waals surface area contributed by atoms with Crippen molar-refractivity contribution in [3.63, 3.8) is 0 Å². The molecule has 1 saturated heterocycles. The molecule has 0 aromatic heterocycles. The summed E-state index contributed by atoms with van der Waals surface area (Å²) in [6.45, 7) is 3.68. The first kappa shape index (κ1) is 29.3. The van der Waals surface area contributed by atoms with E-state index in [4.69, 9.17) is 4.74 Å². The first-order valence-corrected chi connectivity index (χ1v) is 14.7. The molecule has 0 radical (unpaired) electrons. The van der Waals surface area contributed by atoms with E-state index in [0.29, 0.717) is 30.4 Å². The molecule has 1 aliphatic heterocycles. The van der Waals surface area contributed by atoms with Crippen molar-refractivity contribution in [2.24, 2.45) is 5.92 Å². The maximum Gasteiger partial charge on any atom is 0.311 e. The zero-order valence-electron chi connectivity index (χ0n) is 23.4. The van der Waals surface area contributed by atoms with Crippen LogP contribution in [-0.2, 0) is 14.3 Å². The molecule has 0 spiro atoms. The largest absolute Gasteiger partial charge is 0.457 e. The van der Waals surface area contributed by atoms with E-state index in [2.05, 4.69) is 15.5 Å². The molecule has 2 aromatic rings. The second-order valence-corrected chi connectivity index (χ2v) is 10.8. The zero-order chi connectivity index (χ0) is 28.3. The van der Waals surface area contributed by atoms with Crippen LogP contribution >= 0.6 is 0 Å². The topological polar surface area (TPSA) is 105 Å². The first-order valence-electron chi connectivity index (χ1n) is 14.7. The van der Waals surface area contributed by atoms with Gasteiger partial charge in [-0.3, -0.25) is 19.2 Å². The van der Waals surface area contributed by atoms with Crippen molar-refractivity contribution in [3.8, 4) is 0 Å². The normalized spacial score (nSPS) is 19.5. The van der Waals surface area contributed by atoms with E-state index in [1.54, 1.807) is 30.3 Å². The molecule has 40 heavy (non-hydrogen) atoms. The summed E-state index contributed by atoms with van der Waals surface area (Å²) in [5.74, 6) is -1.83. The number of piperidine rings is 1. The Morgan fingerprint density at radius 2 is 1.68 bits per heavy atom. The van der Waals surface area contributed by atoms with Crippen LogP contribution < -0.4 is 15.5 Å². The van der Waals surface area contributed by atoms with Gasteiger partial charge in [0.15, 0.2) is 12.4 Å². The molecule has 2 aromatic carbocycles. The van der Waals surface area contributed by atoms with Gasteiger partial charge in [0.1, 0.15) is 6.04 Å². The van der Waals surface area contributed by atoms with Crippen LogP contribution in [0.3, 0.4) is 0 Å². The number of rotatable bonds is 12. The molecule has 4 rings (SSSR count). The lowest BCUT2D eigenvalue weighted by molar-refractivity contribution is -0.148. The Kier molecular flexibility index (Phi) is 10.7. The van der Waals surface area contributed by atoms with E-state index in [-0.39, 0.29) is 24.2 Å².